The Labute approximate surface area is 200 Å². The van der Waals surface area contributed by atoms with Gasteiger partial charge < -0.3 is 19.0 Å². The van der Waals surface area contributed by atoms with E-state index in [0.29, 0.717) is 6.61 Å². The normalized spacial score (nSPS) is 21.0. The number of hydrogen-bond donors (Lipinski definition) is 1. The first kappa shape index (κ1) is 27.3. The second-order valence-electron chi connectivity index (χ2n) is 10.5. The molecule has 7 heteroatoms. The number of rotatable bonds is 8. The largest absolute Gasteiger partial charge is 0.444 e. The predicted molar refractivity (Wildman–Crippen MR) is 134 cm³/mol. The number of aliphatic hydroxyl groups is 1. The van der Waals surface area contributed by atoms with Crippen molar-refractivity contribution in [2.75, 3.05) is 6.61 Å². The summed E-state index contributed by atoms with van der Waals surface area (Å²) in [6, 6.07) is 9.22. The standard InChI is InChI=1S/C26H41NO5Si/c1-9-13-23(32-33(7,8)25(2,3)4)22(28)17-16-21-19-31-26(5,6)27(21)24(29)30-18-20-14-11-10-12-15-20/h9-17,21-23,28H,18-19H2,1-8H3/b13-9+,17-16+/t21-,22+,23+/m1/s1. The summed E-state index contributed by atoms with van der Waals surface area (Å²) in [6.07, 6.45) is 5.54. The first-order chi connectivity index (χ1) is 15.3. The molecule has 3 atom stereocenters. The number of carbonyl (C=O) groups excluding carboxylic acids is 1. The zero-order valence-corrected chi connectivity index (χ0v) is 22.4. The van der Waals surface area contributed by atoms with Crippen LogP contribution in [-0.4, -0.2) is 55.0 Å². The van der Waals surface area contributed by atoms with Gasteiger partial charge >= 0.3 is 6.09 Å². The Hall–Kier alpha value is -1.93. The molecule has 1 heterocycles. The van der Waals surface area contributed by atoms with Crippen LogP contribution in [0.1, 0.15) is 47.1 Å². The predicted octanol–water partition coefficient (Wildman–Crippen LogP) is 5.64. The Kier molecular flexibility index (Phi) is 9.10. The lowest BCUT2D eigenvalue weighted by Gasteiger charge is -2.39. The van der Waals surface area contributed by atoms with Gasteiger partial charge in [-0.1, -0.05) is 75.4 Å². The van der Waals surface area contributed by atoms with E-state index in [1.807, 2.05) is 69.3 Å². The van der Waals surface area contributed by atoms with Crippen molar-refractivity contribution in [3.05, 3.63) is 60.2 Å². The summed E-state index contributed by atoms with van der Waals surface area (Å²) < 4.78 is 17.8. The van der Waals surface area contributed by atoms with Crippen LogP contribution in [0, 0.1) is 0 Å². The summed E-state index contributed by atoms with van der Waals surface area (Å²) in [4.78, 5) is 14.5. The van der Waals surface area contributed by atoms with E-state index < -0.39 is 32.3 Å². The van der Waals surface area contributed by atoms with Gasteiger partial charge in [-0.3, -0.25) is 4.90 Å². The van der Waals surface area contributed by atoms with Crippen molar-refractivity contribution in [1.29, 1.82) is 0 Å². The summed E-state index contributed by atoms with van der Waals surface area (Å²) >= 11 is 0. The van der Waals surface area contributed by atoms with E-state index in [1.165, 1.54) is 0 Å². The molecule has 1 aliphatic heterocycles. The molecular weight excluding hydrogens is 434 g/mol. The lowest BCUT2D eigenvalue weighted by atomic mass is 10.1. The number of hydrogen-bond acceptors (Lipinski definition) is 5. The third-order valence-corrected chi connectivity index (χ3v) is 10.9. The Morgan fingerprint density at radius 2 is 1.91 bits per heavy atom. The SMILES string of the molecule is C/C=C/[C@H](O[Si](C)(C)C(C)(C)C)[C@@H](O)/C=C/[C@@H]1COC(C)(C)N1C(=O)OCc1ccccc1. The van der Waals surface area contributed by atoms with Crippen LogP contribution < -0.4 is 0 Å². The molecule has 184 valence electrons. The lowest BCUT2D eigenvalue weighted by molar-refractivity contribution is -0.0480. The zero-order valence-electron chi connectivity index (χ0n) is 21.4. The number of nitrogens with zero attached hydrogens (tertiary/aromatic N) is 1. The maximum absolute atomic E-state index is 12.9. The summed E-state index contributed by atoms with van der Waals surface area (Å²) in [5.41, 5.74) is 0.108. The molecule has 0 unspecified atom stereocenters. The molecule has 0 aromatic heterocycles. The van der Waals surface area contributed by atoms with Crippen LogP contribution in [0.2, 0.25) is 18.1 Å². The number of allylic oxidation sites excluding steroid dienone is 1. The van der Waals surface area contributed by atoms with Gasteiger partial charge in [0.2, 0.25) is 0 Å². The monoisotopic (exact) mass is 475 g/mol. The summed E-state index contributed by atoms with van der Waals surface area (Å²) in [5.74, 6) is 0. The number of carbonyl (C=O) groups is 1. The fraction of sp³-hybridized carbons (Fsp3) is 0.577. The third kappa shape index (κ3) is 7.27. The van der Waals surface area contributed by atoms with Crippen LogP contribution in [0.25, 0.3) is 0 Å². The summed E-state index contributed by atoms with van der Waals surface area (Å²) in [5, 5.41) is 10.9. The van der Waals surface area contributed by atoms with Crippen LogP contribution in [0.15, 0.2) is 54.6 Å². The number of amides is 1. The zero-order chi connectivity index (χ0) is 24.9. The highest BCUT2D eigenvalue weighted by Crippen LogP contribution is 2.38. The highest BCUT2D eigenvalue weighted by molar-refractivity contribution is 6.74. The maximum Gasteiger partial charge on any atom is 0.412 e. The summed E-state index contributed by atoms with van der Waals surface area (Å²) in [7, 11) is -2.08. The molecule has 1 aromatic rings. The van der Waals surface area contributed by atoms with Crippen molar-refractivity contribution in [1.82, 2.24) is 4.90 Å². The Balaban J connectivity index is 2.11. The van der Waals surface area contributed by atoms with E-state index in [4.69, 9.17) is 13.9 Å². The average Bonchev–Trinajstić information content (AvgIpc) is 3.04. The quantitative estimate of drug-likeness (QED) is 0.389. The van der Waals surface area contributed by atoms with Gasteiger partial charge in [-0.15, -0.1) is 0 Å². The fourth-order valence-corrected chi connectivity index (χ4v) is 4.65. The van der Waals surface area contributed by atoms with Gasteiger partial charge in [0.05, 0.1) is 18.8 Å². The molecule has 33 heavy (non-hydrogen) atoms. The molecule has 0 radical (unpaired) electrons. The van der Waals surface area contributed by atoms with Gasteiger partial charge in [-0.2, -0.15) is 0 Å². The maximum atomic E-state index is 12.9. The highest BCUT2D eigenvalue weighted by atomic mass is 28.4. The minimum absolute atomic E-state index is 0.0267. The van der Waals surface area contributed by atoms with Crippen LogP contribution >= 0.6 is 0 Å². The third-order valence-electron chi connectivity index (χ3n) is 6.41. The molecule has 0 aliphatic carbocycles. The lowest BCUT2D eigenvalue weighted by Crippen LogP contribution is -2.48. The molecule has 1 saturated heterocycles. The van der Waals surface area contributed by atoms with Gasteiger partial charge in [0.25, 0.3) is 0 Å². The van der Waals surface area contributed by atoms with E-state index in [9.17, 15) is 9.90 Å². The molecule has 0 spiro atoms. The minimum Gasteiger partial charge on any atom is -0.444 e. The molecule has 1 N–H and O–H groups in total. The Morgan fingerprint density at radius 3 is 2.48 bits per heavy atom. The second kappa shape index (κ2) is 11.0. The van der Waals surface area contributed by atoms with Crippen molar-refractivity contribution in [2.24, 2.45) is 0 Å². The number of benzene rings is 1. The Bertz CT molecular complexity index is 829. The first-order valence-corrected chi connectivity index (χ1v) is 14.5. The fourth-order valence-electron chi connectivity index (χ4n) is 3.40. The van der Waals surface area contributed by atoms with E-state index >= 15 is 0 Å². The highest BCUT2D eigenvalue weighted by Gasteiger charge is 2.44. The molecule has 1 amide bonds. The van der Waals surface area contributed by atoms with Crippen LogP contribution in [0.3, 0.4) is 0 Å². The van der Waals surface area contributed by atoms with Crippen LogP contribution in [0.5, 0.6) is 0 Å². The first-order valence-electron chi connectivity index (χ1n) is 11.6. The van der Waals surface area contributed by atoms with Crippen molar-refractivity contribution >= 4 is 14.4 Å². The molecule has 0 bridgehead atoms. The van der Waals surface area contributed by atoms with E-state index in [1.54, 1.807) is 11.0 Å². The van der Waals surface area contributed by atoms with Crippen molar-refractivity contribution < 1.29 is 23.8 Å². The van der Waals surface area contributed by atoms with Crippen molar-refractivity contribution in [3.8, 4) is 0 Å². The Morgan fingerprint density at radius 1 is 1.27 bits per heavy atom. The second-order valence-corrected chi connectivity index (χ2v) is 15.2. The molecule has 2 rings (SSSR count). The molecule has 0 saturated carbocycles. The number of aliphatic hydroxyl groups excluding tert-OH is 1. The van der Waals surface area contributed by atoms with Gasteiger partial charge in [0.1, 0.15) is 18.4 Å². The van der Waals surface area contributed by atoms with E-state index in [2.05, 4.69) is 33.9 Å². The van der Waals surface area contributed by atoms with Gasteiger partial charge in [0, 0.05) is 0 Å². The van der Waals surface area contributed by atoms with E-state index in [0.717, 1.165) is 5.56 Å². The van der Waals surface area contributed by atoms with Gasteiger partial charge in [-0.25, -0.2) is 4.79 Å². The molecule has 1 aromatic carbocycles. The summed E-state index contributed by atoms with van der Waals surface area (Å²) in [6.45, 7) is 16.9. The topological polar surface area (TPSA) is 68.2 Å². The molecule has 6 nitrogen and oxygen atoms in total. The molecule has 1 aliphatic rings. The van der Waals surface area contributed by atoms with Crippen LogP contribution in [-0.2, 0) is 20.5 Å². The van der Waals surface area contributed by atoms with Crippen molar-refractivity contribution in [2.45, 2.75) is 90.3 Å². The smallest absolute Gasteiger partial charge is 0.412 e. The van der Waals surface area contributed by atoms with Crippen LogP contribution in [0.4, 0.5) is 4.79 Å². The minimum atomic E-state index is -2.08. The van der Waals surface area contributed by atoms with E-state index in [-0.39, 0.29) is 17.7 Å². The molecule has 1 fully saturated rings. The van der Waals surface area contributed by atoms with Gasteiger partial charge in [-0.05, 0) is 44.5 Å². The molecular formula is C26H41NO5Si. The van der Waals surface area contributed by atoms with Crippen molar-refractivity contribution in [3.63, 3.8) is 0 Å². The van der Waals surface area contributed by atoms with Gasteiger partial charge in [0.15, 0.2) is 8.32 Å². The number of ether oxygens (including phenoxy) is 2. The average molecular weight is 476 g/mol.